The van der Waals surface area contributed by atoms with Crippen molar-refractivity contribution in [3.63, 3.8) is 0 Å². The number of halogens is 1. The van der Waals surface area contributed by atoms with Gasteiger partial charge in [-0.2, -0.15) is 14.9 Å². The maximum atomic E-state index is 12.5. The van der Waals surface area contributed by atoms with Crippen LogP contribution in [0.3, 0.4) is 0 Å². The Bertz CT molecular complexity index is 1190. The van der Waals surface area contributed by atoms with Gasteiger partial charge >= 0.3 is 5.69 Å². The zero-order chi connectivity index (χ0) is 19.7. The molecular formula is C19H15ClN6O2. The van der Waals surface area contributed by atoms with Crippen LogP contribution in [0.25, 0.3) is 11.4 Å². The van der Waals surface area contributed by atoms with Crippen LogP contribution in [0.4, 0.5) is 5.69 Å². The second-order valence-corrected chi connectivity index (χ2v) is 6.52. The fourth-order valence-electron chi connectivity index (χ4n) is 2.62. The highest BCUT2D eigenvalue weighted by Gasteiger charge is 2.11. The summed E-state index contributed by atoms with van der Waals surface area (Å²) < 4.78 is 4.26. The smallest absolute Gasteiger partial charge is 0.322 e. The molecule has 4 aromatic rings. The van der Waals surface area contributed by atoms with Crippen LogP contribution < -0.4 is 11.0 Å². The van der Waals surface area contributed by atoms with Crippen LogP contribution in [0, 0.1) is 0 Å². The van der Waals surface area contributed by atoms with Gasteiger partial charge in [0.25, 0.3) is 5.91 Å². The normalized spacial score (nSPS) is 10.8. The minimum atomic E-state index is -0.289. The lowest BCUT2D eigenvalue weighted by molar-refractivity contribution is 0.102. The summed E-state index contributed by atoms with van der Waals surface area (Å²) in [4.78, 5) is 24.4. The van der Waals surface area contributed by atoms with Crippen LogP contribution in [-0.2, 0) is 7.05 Å². The number of aromatic nitrogens is 5. The maximum absolute atomic E-state index is 12.5. The van der Waals surface area contributed by atoms with Gasteiger partial charge in [-0.15, -0.1) is 0 Å². The molecule has 140 valence electrons. The lowest BCUT2D eigenvalue weighted by atomic mass is 10.2. The number of benzene rings is 2. The summed E-state index contributed by atoms with van der Waals surface area (Å²) in [6, 6.07) is 14.0. The largest absolute Gasteiger partial charge is 0.350 e. The number of rotatable bonds is 4. The van der Waals surface area contributed by atoms with E-state index in [-0.39, 0.29) is 11.6 Å². The number of nitrogens with zero attached hydrogens (tertiary/aromatic N) is 5. The van der Waals surface area contributed by atoms with Crippen molar-refractivity contribution in [3.8, 4) is 11.4 Å². The first-order valence-electron chi connectivity index (χ1n) is 8.34. The predicted molar refractivity (Wildman–Crippen MR) is 105 cm³/mol. The van der Waals surface area contributed by atoms with E-state index >= 15 is 0 Å². The number of hydrogen-bond donors (Lipinski definition) is 1. The van der Waals surface area contributed by atoms with E-state index < -0.39 is 0 Å². The zero-order valence-corrected chi connectivity index (χ0v) is 15.5. The highest BCUT2D eigenvalue weighted by atomic mass is 35.5. The van der Waals surface area contributed by atoms with Crippen molar-refractivity contribution in [2.75, 3.05) is 5.32 Å². The molecule has 0 radical (unpaired) electrons. The molecular weight excluding hydrogens is 380 g/mol. The Morgan fingerprint density at radius 2 is 1.68 bits per heavy atom. The van der Waals surface area contributed by atoms with Gasteiger partial charge < -0.3 is 5.32 Å². The molecule has 0 aliphatic heterocycles. The third-order valence-electron chi connectivity index (χ3n) is 4.13. The fraction of sp³-hybridized carbons (Fsp3) is 0.0526. The van der Waals surface area contributed by atoms with E-state index in [0.717, 1.165) is 5.69 Å². The van der Waals surface area contributed by atoms with Gasteiger partial charge in [0, 0.05) is 24.0 Å². The molecule has 2 heterocycles. The number of anilines is 1. The lowest BCUT2D eigenvalue weighted by Crippen LogP contribution is -2.21. The van der Waals surface area contributed by atoms with Gasteiger partial charge in [0.2, 0.25) is 0 Å². The van der Waals surface area contributed by atoms with Crippen molar-refractivity contribution in [3.05, 3.63) is 88.3 Å². The van der Waals surface area contributed by atoms with E-state index in [2.05, 4.69) is 15.5 Å². The minimum Gasteiger partial charge on any atom is -0.322 e. The monoisotopic (exact) mass is 394 g/mol. The molecule has 1 N–H and O–H groups in total. The van der Waals surface area contributed by atoms with E-state index in [1.807, 2.05) is 12.1 Å². The van der Waals surface area contributed by atoms with E-state index in [4.69, 9.17) is 11.6 Å². The average molecular weight is 395 g/mol. The van der Waals surface area contributed by atoms with Gasteiger partial charge in [-0.1, -0.05) is 11.6 Å². The summed E-state index contributed by atoms with van der Waals surface area (Å²) in [6.07, 6.45) is 4.57. The van der Waals surface area contributed by atoms with E-state index in [0.29, 0.717) is 22.0 Å². The van der Waals surface area contributed by atoms with Gasteiger partial charge in [0.15, 0.2) is 0 Å². The number of hydrogen-bond acceptors (Lipinski definition) is 4. The third kappa shape index (κ3) is 3.45. The summed E-state index contributed by atoms with van der Waals surface area (Å²) in [7, 11) is 1.63. The minimum absolute atomic E-state index is 0.244. The van der Waals surface area contributed by atoms with Crippen LogP contribution in [0.1, 0.15) is 10.4 Å². The summed E-state index contributed by atoms with van der Waals surface area (Å²) in [5, 5.41) is 11.7. The van der Waals surface area contributed by atoms with Crippen molar-refractivity contribution >= 4 is 23.2 Å². The van der Waals surface area contributed by atoms with Crippen LogP contribution in [-0.4, -0.2) is 30.0 Å². The van der Waals surface area contributed by atoms with Gasteiger partial charge in [-0.3, -0.25) is 9.36 Å². The zero-order valence-electron chi connectivity index (χ0n) is 14.8. The molecule has 0 fully saturated rings. The number of aryl methyl sites for hydroxylation is 1. The molecule has 0 atom stereocenters. The highest BCUT2D eigenvalue weighted by molar-refractivity contribution is 6.30. The molecule has 0 aliphatic carbocycles. The Hall–Kier alpha value is -3.65. The molecule has 0 spiro atoms. The van der Waals surface area contributed by atoms with Crippen LogP contribution in [0.2, 0.25) is 5.02 Å². The van der Waals surface area contributed by atoms with Gasteiger partial charge in [-0.25, -0.2) is 9.48 Å². The molecule has 9 heteroatoms. The molecule has 0 aliphatic rings. The van der Waals surface area contributed by atoms with Crippen molar-refractivity contribution in [1.29, 1.82) is 0 Å². The standard InChI is InChI=1S/C19H15ClN6O2/c1-24-12-22-26(19(24)28)17-8-4-15(5-9-17)23-18(27)13-10-21-25(11-13)16-6-2-14(20)3-7-16/h2-12H,1H3,(H,23,27). The highest BCUT2D eigenvalue weighted by Crippen LogP contribution is 2.15. The molecule has 0 saturated carbocycles. The summed E-state index contributed by atoms with van der Waals surface area (Å²) >= 11 is 5.89. The molecule has 0 saturated heterocycles. The Labute approximate surface area is 164 Å². The Morgan fingerprint density at radius 3 is 2.32 bits per heavy atom. The molecule has 4 rings (SSSR count). The molecule has 0 unspecified atom stereocenters. The van der Waals surface area contributed by atoms with Crippen molar-refractivity contribution in [1.82, 2.24) is 24.1 Å². The number of carbonyl (C=O) groups is 1. The Balaban J connectivity index is 1.49. The first-order chi connectivity index (χ1) is 13.5. The Morgan fingerprint density at radius 1 is 1.00 bits per heavy atom. The molecule has 1 amide bonds. The molecule has 0 bridgehead atoms. The van der Waals surface area contributed by atoms with Crippen LogP contribution in [0.15, 0.2) is 72.0 Å². The molecule has 28 heavy (non-hydrogen) atoms. The Kier molecular flexibility index (Phi) is 4.54. The van der Waals surface area contributed by atoms with E-state index in [1.54, 1.807) is 54.3 Å². The molecule has 2 aromatic carbocycles. The number of nitrogens with one attached hydrogen (secondary N) is 1. The molecule has 2 aromatic heterocycles. The van der Waals surface area contributed by atoms with Crippen LogP contribution >= 0.6 is 11.6 Å². The summed E-state index contributed by atoms with van der Waals surface area (Å²) in [6.45, 7) is 0. The average Bonchev–Trinajstić information content (AvgIpc) is 3.31. The third-order valence-corrected chi connectivity index (χ3v) is 4.38. The van der Waals surface area contributed by atoms with Crippen LogP contribution in [0.5, 0.6) is 0 Å². The fourth-order valence-corrected chi connectivity index (χ4v) is 2.74. The van der Waals surface area contributed by atoms with E-state index in [9.17, 15) is 9.59 Å². The van der Waals surface area contributed by atoms with Crippen molar-refractivity contribution in [2.24, 2.45) is 7.05 Å². The summed E-state index contributed by atoms with van der Waals surface area (Å²) in [5.41, 5.74) is 2.18. The van der Waals surface area contributed by atoms with Crippen molar-refractivity contribution in [2.45, 2.75) is 0 Å². The first kappa shape index (κ1) is 17.7. The van der Waals surface area contributed by atoms with Gasteiger partial charge in [0.1, 0.15) is 6.33 Å². The number of amides is 1. The topological polar surface area (TPSA) is 86.7 Å². The van der Waals surface area contributed by atoms with Crippen molar-refractivity contribution < 1.29 is 4.79 Å². The van der Waals surface area contributed by atoms with Gasteiger partial charge in [0.05, 0.1) is 23.1 Å². The second-order valence-electron chi connectivity index (χ2n) is 6.09. The maximum Gasteiger partial charge on any atom is 0.350 e. The van der Waals surface area contributed by atoms with E-state index in [1.165, 1.54) is 21.8 Å². The number of carbonyl (C=O) groups excluding carboxylic acids is 1. The lowest BCUT2D eigenvalue weighted by Gasteiger charge is -2.05. The second kappa shape index (κ2) is 7.16. The molecule has 8 nitrogen and oxygen atoms in total. The predicted octanol–water partition coefficient (Wildman–Crippen LogP) is 2.66. The van der Waals surface area contributed by atoms with Gasteiger partial charge in [-0.05, 0) is 48.5 Å². The SMILES string of the molecule is Cn1cnn(-c2ccc(NC(=O)c3cnn(-c4ccc(Cl)cc4)c3)cc2)c1=O. The summed E-state index contributed by atoms with van der Waals surface area (Å²) in [5.74, 6) is -0.289. The first-order valence-corrected chi connectivity index (χ1v) is 8.72. The quantitative estimate of drug-likeness (QED) is 0.576.